The molecule has 0 bridgehead atoms. The molecule has 2 atom stereocenters. The van der Waals surface area contributed by atoms with E-state index in [1.807, 2.05) is 6.07 Å². The van der Waals surface area contributed by atoms with Crippen molar-refractivity contribution in [2.24, 2.45) is 0 Å². The Kier molecular flexibility index (Phi) is 5.67. The lowest BCUT2D eigenvalue weighted by Gasteiger charge is -2.40. The maximum Gasteiger partial charge on any atom is 0.189 e. The number of hydrogen-bond donors (Lipinski definition) is 1. The summed E-state index contributed by atoms with van der Waals surface area (Å²) in [5.74, 6) is -0.398. The molecule has 1 heterocycles. The Morgan fingerprint density at radius 1 is 1.09 bits per heavy atom. The Morgan fingerprint density at radius 2 is 1.88 bits per heavy atom. The van der Waals surface area contributed by atoms with Gasteiger partial charge in [-0.2, -0.15) is 0 Å². The van der Waals surface area contributed by atoms with Crippen LogP contribution in [0.5, 0.6) is 5.75 Å². The molecule has 5 rings (SSSR count). The van der Waals surface area contributed by atoms with Crippen LogP contribution in [0.2, 0.25) is 5.02 Å². The highest BCUT2D eigenvalue weighted by Crippen LogP contribution is 2.50. The molecule has 1 aliphatic carbocycles. The van der Waals surface area contributed by atoms with Gasteiger partial charge in [0, 0.05) is 11.6 Å². The summed E-state index contributed by atoms with van der Waals surface area (Å²) < 4.78 is 60.0. The predicted molar refractivity (Wildman–Crippen MR) is 122 cm³/mol. The van der Waals surface area contributed by atoms with Gasteiger partial charge in [-0.3, -0.25) is 0 Å². The highest BCUT2D eigenvalue weighted by molar-refractivity contribution is 7.92. The third-order valence-electron chi connectivity index (χ3n) is 6.73. The predicted octanol–water partition coefficient (Wildman–Crippen LogP) is 5.17. The van der Waals surface area contributed by atoms with Crippen molar-refractivity contribution >= 4 is 21.4 Å². The average molecular weight is 490 g/mol. The summed E-state index contributed by atoms with van der Waals surface area (Å²) in [6, 6.07) is 14.6. The van der Waals surface area contributed by atoms with E-state index in [0.29, 0.717) is 31.6 Å². The third-order valence-corrected chi connectivity index (χ3v) is 9.65. The first kappa shape index (κ1) is 22.3. The number of sulfone groups is 1. The number of ether oxygens (including phenoxy) is 1. The van der Waals surface area contributed by atoms with E-state index >= 15 is 0 Å². The van der Waals surface area contributed by atoms with Crippen LogP contribution in [0.25, 0.3) is 0 Å². The topological polar surface area (TPSA) is 55.4 Å². The number of fused-ring (bicyclic) bond motifs is 3. The van der Waals surface area contributed by atoms with E-state index < -0.39 is 26.2 Å². The van der Waals surface area contributed by atoms with Crippen molar-refractivity contribution in [3.63, 3.8) is 0 Å². The van der Waals surface area contributed by atoms with E-state index in [2.05, 4.69) is 5.32 Å². The molecule has 0 spiro atoms. The zero-order chi connectivity index (χ0) is 23.2. The number of halogens is 3. The fourth-order valence-electron chi connectivity index (χ4n) is 5.12. The van der Waals surface area contributed by atoms with Crippen LogP contribution in [0.15, 0.2) is 65.6 Å². The van der Waals surface area contributed by atoms with Crippen LogP contribution in [-0.4, -0.2) is 21.0 Å². The summed E-state index contributed by atoms with van der Waals surface area (Å²) in [5.41, 5.74) is 1.90. The van der Waals surface area contributed by atoms with E-state index in [0.717, 1.165) is 11.1 Å². The molecule has 0 aromatic heterocycles. The van der Waals surface area contributed by atoms with Crippen molar-refractivity contribution in [2.45, 2.75) is 41.6 Å². The summed E-state index contributed by atoms with van der Waals surface area (Å²) >= 11 is 6.09. The molecule has 1 fully saturated rings. The van der Waals surface area contributed by atoms with Crippen molar-refractivity contribution in [3.05, 3.63) is 94.0 Å². The number of aryl methyl sites for hydroxylation is 1. The lowest BCUT2D eigenvalue weighted by atomic mass is 9.79. The van der Waals surface area contributed by atoms with Crippen molar-refractivity contribution in [3.8, 4) is 5.75 Å². The Hall–Kier alpha value is -2.48. The summed E-state index contributed by atoms with van der Waals surface area (Å²) in [7, 11) is -3.81. The number of benzene rings is 3. The Balaban J connectivity index is 1.51. The summed E-state index contributed by atoms with van der Waals surface area (Å²) in [6.45, 7) is 0.544. The molecule has 0 radical (unpaired) electrons. The monoisotopic (exact) mass is 489 g/mol. The van der Waals surface area contributed by atoms with Crippen LogP contribution in [-0.2, 0) is 27.6 Å². The largest absolute Gasteiger partial charge is 0.489 e. The van der Waals surface area contributed by atoms with Gasteiger partial charge in [0.1, 0.15) is 28.7 Å². The minimum atomic E-state index is -3.81. The molecule has 4 nitrogen and oxygen atoms in total. The van der Waals surface area contributed by atoms with E-state index in [9.17, 15) is 17.2 Å². The lowest BCUT2D eigenvalue weighted by Crippen LogP contribution is -2.49. The number of rotatable bonds is 5. The van der Waals surface area contributed by atoms with Gasteiger partial charge in [0.15, 0.2) is 9.84 Å². The van der Waals surface area contributed by atoms with E-state index in [1.165, 1.54) is 36.4 Å². The van der Waals surface area contributed by atoms with Crippen molar-refractivity contribution in [1.82, 2.24) is 5.32 Å². The van der Waals surface area contributed by atoms with Gasteiger partial charge in [-0.1, -0.05) is 23.7 Å². The van der Waals surface area contributed by atoms with E-state index in [-0.39, 0.29) is 28.1 Å². The number of hydrogen-bond acceptors (Lipinski definition) is 4. The molecule has 0 unspecified atom stereocenters. The molecule has 1 saturated heterocycles. The molecular formula is C25H22ClF2NO3S. The molecule has 0 amide bonds. The van der Waals surface area contributed by atoms with Gasteiger partial charge in [-0.25, -0.2) is 17.2 Å². The maximum absolute atomic E-state index is 14.1. The van der Waals surface area contributed by atoms with Gasteiger partial charge in [0.25, 0.3) is 0 Å². The normalized spacial score (nSPS) is 22.0. The van der Waals surface area contributed by atoms with Crippen LogP contribution < -0.4 is 10.1 Å². The minimum absolute atomic E-state index is 0.0342. The van der Waals surface area contributed by atoms with Gasteiger partial charge in [-0.05, 0) is 85.5 Å². The first-order valence-electron chi connectivity index (χ1n) is 10.8. The van der Waals surface area contributed by atoms with Crippen molar-refractivity contribution in [1.29, 1.82) is 0 Å². The van der Waals surface area contributed by atoms with Gasteiger partial charge in [-0.15, -0.1) is 0 Å². The molecule has 3 aromatic rings. The first-order valence-corrected chi connectivity index (χ1v) is 12.6. The Morgan fingerprint density at radius 3 is 2.64 bits per heavy atom. The Bertz CT molecular complexity index is 1290. The fraction of sp³-hybridized carbons (Fsp3) is 0.280. The third kappa shape index (κ3) is 3.63. The van der Waals surface area contributed by atoms with Crippen LogP contribution in [0.1, 0.15) is 29.5 Å². The van der Waals surface area contributed by atoms with Gasteiger partial charge >= 0.3 is 0 Å². The fourth-order valence-corrected chi connectivity index (χ4v) is 7.69. The second-order valence-corrected chi connectivity index (χ2v) is 11.1. The van der Waals surface area contributed by atoms with Gasteiger partial charge in [0.2, 0.25) is 0 Å². The van der Waals surface area contributed by atoms with Crippen molar-refractivity contribution < 1.29 is 21.9 Å². The molecule has 1 N–H and O–H groups in total. The second kappa shape index (κ2) is 8.38. The van der Waals surface area contributed by atoms with E-state index in [1.54, 1.807) is 18.2 Å². The van der Waals surface area contributed by atoms with Crippen LogP contribution >= 0.6 is 11.6 Å². The smallest absolute Gasteiger partial charge is 0.189 e. The summed E-state index contributed by atoms with van der Waals surface area (Å²) in [4.78, 5) is 0.111. The highest BCUT2D eigenvalue weighted by atomic mass is 35.5. The zero-order valence-electron chi connectivity index (χ0n) is 17.7. The Labute approximate surface area is 196 Å². The maximum atomic E-state index is 14.1. The summed E-state index contributed by atoms with van der Waals surface area (Å²) in [6.07, 6.45) is 1.76. The number of nitrogens with one attached hydrogen (secondary N) is 1. The molecule has 3 aromatic carbocycles. The molecule has 0 saturated carbocycles. The molecule has 1 aliphatic heterocycles. The standard InChI is InChI=1S/C25H22ClF2NO3S/c26-22-2-1-3-23(28)20(22)15-32-18-7-10-21-16(14-18)4-11-24-25(21,12-13-29-24)33(30,31)19-8-5-17(27)6-9-19/h1-3,5-10,14,24,29H,4,11-13,15H2/t24-,25-/m1/s1. The van der Waals surface area contributed by atoms with Gasteiger partial charge < -0.3 is 10.1 Å². The van der Waals surface area contributed by atoms with Crippen molar-refractivity contribution in [2.75, 3.05) is 6.54 Å². The van der Waals surface area contributed by atoms with Crippen LogP contribution in [0.4, 0.5) is 8.78 Å². The molecule has 2 aliphatic rings. The van der Waals surface area contributed by atoms with Crippen LogP contribution in [0, 0.1) is 11.6 Å². The highest BCUT2D eigenvalue weighted by Gasteiger charge is 2.57. The van der Waals surface area contributed by atoms with Crippen LogP contribution in [0.3, 0.4) is 0 Å². The SMILES string of the molecule is O=S(=O)(c1ccc(F)cc1)[C@@]12CCN[C@@H]1CCc1cc(OCc3c(F)cccc3Cl)ccc12. The summed E-state index contributed by atoms with van der Waals surface area (Å²) in [5, 5.41) is 3.65. The molecule has 33 heavy (non-hydrogen) atoms. The van der Waals surface area contributed by atoms with E-state index in [4.69, 9.17) is 16.3 Å². The second-order valence-electron chi connectivity index (χ2n) is 8.45. The quantitative estimate of drug-likeness (QED) is 0.502. The van der Waals surface area contributed by atoms with Gasteiger partial charge in [0.05, 0.1) is 9.92 Å². The lowest BCUT2D eigenvalue weighted by molar-refractivity contribution is 0.299. The molecule has 172 valence electrons. The molecule has 8 heteroatoms. The average Bonchev–Trinajstić information content (AvgIpc) is 3.25. The zero-order valence-corrected chi connectivity index (χ0v) is 19.2. The molecular weight excluding hydrogens is 468 g/mol. The first-order chi connectivity index (χ1) is 15.8. The minimum Gasteiger partial charge on any atom is -0.489 e.